The maximum atomic E-state index is 14.8. The fourth-order valence-corrected chi connectivity index (χ4v) is 5.26. The van der Waals surface area contributed by atoms with Crippen LogP contribution in [-0.4, -0.2) is 46.9 Å². The molecular formula is C27H30F4N2O4. The van der Waals surface area contributed by atoms with Gasteiger partial charge in [0.2, 0.25) is 0 Å². The normalized spacial score (nSPS) is 23.7. The summed E-state index contributed by atoms with van der Waals surface area (Å²) < 4.78 is 59.4. The first kappa shape index (κ1) is 26.9. The minimum atomic E-state index is -4.86. The zero-order valence-electron chi connectivity index (χ0n) is 20.4. The Balaban J connectivity index is 1.53. The van der Waals surface area contributed by atoms with Gasteiger partial charge in [0.15, 0.2) is 5.60 Å². The van der Waals surface area contributed by atoms with Crippen molar-refractivity contribution in [1.29, 1.82) is 0 Å². The summed E-state index contributed by atoms with van der Waals surface area (Å²) in [4.78, 5) is 26.6. The maximum Gasteiger partial charge on any atom is 0.421 e. The summed E-state index contributed by atoms with van der Waals surface area (Å²) >= 11 is 0. The van der Waals surface area contributed by atoms with E-state index in [2.05, 4.69) is 0 Å². The lowest BCUT2D eigenvalue weighted by molar-refractivity contribution is -0.258. The Labute approximate surface area is 212 Å². The van der Waals surface area contributed by atoms with Gasteiger partial charge in [-0.25, -0.2) is 9.18 Å². The van der Waals surface area contributed by atoms with E-state index in [4.69, 9.17) is 10.5 Å². The van der Waals surface area contributed by atoms with Crippen molar-refractivity contribution >= 4 is 12.0 Å². The number of hydrogen-bond donors (Lipinski definition) is 2. The number of benzene rings is 2. The Kier molecular flexibility index (Phi) is 7.25. The van der Waals surface area contributed by atoms with E-state index in [1.54, 1.807) is 23.1 Å². The van der Waals surface area contributed by atoms with Gasteiger partial charge in [0.1, 0.15) is 12.4 Å². The molecule has 0 aromatic heterocycles. The molecule has 0 bridgehead atoms. The summed E-state index contributed by atoms with van der Waals surface area (Å²) in [7, 11) is 0. The van der Waals surface area contributed by atoms with E-state index >= 15 is 0 Å². The second-order valence-electron chi connectivity index (χ2n) is 10.2. The van der Waals surface area contributed by atoms with Crippen molar-refractivity contribution in [3.63, 3.8) is 0 Å². The van der Waals surface area contributed by atoms with Crippen LogP contribution in [0.3, 0.4) is 0 Å². The molecule has 1 atom stereocenters. The second kappa shape index (κ2) is 9.96. The Bertz CT molecular complexity index is 1140. The van der Waals surface area contributed by atoms with Crippen molar-refractivity contribution < 1.29 is 37.0 Å². The van der Waals surface area contributed by atoms with Gasteiger partial charge >= 0.3 is 12.3 Å². The van der Waals surface area contributed by atoms with E-state index in [-0.39, 0.29) is 35.7 Å². The van der Waals surface area contributed by atoms with Crippen molar-refractivity contribution in [2.24, 2.45) is 5.73 Å². The highest BCUT2D eigenvalue weighted by atomic mass is 19.4. The van der Waals surface area contributed by atoms with Crippen LogP contribution in [0.4, 0.5) is 22.4 Å². The Morgan fingerprint density at radius 1 is 1.03 bits per heavy atom. The highest BCUT2D eigenvalue weighted by Gasteiger charge is 2.51. The van der Waals surface area contributed by atoms with Crippen LogP contribution in [0.15, 0.2) is 48.5 Å². The number of rotatable bonds is 7. The molecular weight excluding hydrogens is 492 g/mol. The van der Waals surface area contributed by atoms with Gasteiger partial charge in [-0.1, -0.05) is 30.3 Å². The van der Waals surface area contributed by atoms with E-state index in [9.17, 15) is 32.3 Å². The molecule has 2 aliphatic carbocycles. The van der Waals surface area contributed by atoms with Crippen LogP contribution in [0.1, 0.15) is 66.9 Å². The van der Waals surface area contributed by atoms with Gasteiger partial charge in [-0.05, 0) is 74.8 Å². The minimum Gasteiger partial charge on any atom is -0.449 e. The number of ether oxygens (including phenoxy) is 1. The maximum absolute atomic E-state index is 14.8. The summed E-state index contributed by atoms with van der Waals surface area (Å²) in [5.41, 5.74) is 1.70. The molecule has 2 fully saturated rings. The smallest absolute Gasteiger partial charge is 0.421 e. The molecule has 2 saturated carbocycles. The summed E-state index contributed by atoms with van der Waals surface area (Å²) in [5.74, 6) is -0.698. The highest BCUT2D eigenvalue weighted by molar-refractivity contribution is 5.95. The summed E-state index contributed by atoms with van der Waals surface area (Å²) in [6.07, 6.45) is -2.19. The first-order valence-electron chi connectivity index (χ1n) is 12.3. The van der Waals surface area contributed by atoms with Gasteiger partial charge in [0, 0.05) is 23.1 Å². The Morgan fingerprint density at radius 2 is 1.59 bits per heavy atom. The minimum absolute atomic E-state index is 0.0262. The molecule has 37 heavy (non-hydrogen) atoms. The molecule has 6 nitrogen and oxygen atoms in total. The number of hydrogen-bond acceptors (Lipinski definition) is 4. The van der Waals surface area contributed by atoms with E-state index in [1.165, 1.54) is 18.2 Å². The molecule has 0 spiro atoms. The van der Waals surface area contributed by atoms with Gasteiger partial charge in [0.25, 0.3) is 5.91 Å². The third-order valence-electron chi connectivity index (χ3n) is 7.66. The standard InChI is InChI=1S/C27H30F4N2O4/c1-25(36,27(29,30)31)18-8-6-17(7-9-18)23(34)33(19-10-11-19)20-12-14-26(15-13-20,16-37-24(32)35)21-4-2-3-5-22(21)28/h2-9,19-20,36H,10-16H2,1H3,(H2,32,35)/t20-,25-,26+/m0/s1. The zero-order chi connectivity index (χ0) is 27.0. The number of carbonyl (C=O) groups excluding carboxylic acids is 2. The summed E-state index contributed by atoms with van der Waals surface area (Å²) in [6.45, 7) is 0.597. The fourth-order valence-electron chi connectivity index (χ4n) is 5.26. The van der Waals surface area contributed by atoms with Crippen LogP contribution in [0.5, 0.6) is 0 Å². The van der Waals surface area contributed by atoms with Crippen LogP contribution in [0.2, 0.25) is 0 Å². The monoisotopic (exact) mass is 522 g/mol. The predicted molar refractivity (Wildman–Crippen MR) is 127 cm³/mol. The summed E-state index contributed by atoms with van der Waals surface area (Å²) in [6, 6.07) is 11.0. The van der Waals surface area contributed by atoms with Crippen molar-refractivity contribution in [2.75, 3.05) is 6.61 Å². The molecule has 0 radical (unpaired) electrons. The van der Waals surface area contributed by atoms with Crippen LogP contribution >= 0.6 is 0 Å². The highest BCUT2D eigenvalue weighted by Crippen LogP contribution is 2.45. The number of primary amides is 1. The zero-order valence-corrected chi connectivity index (χ0v) is 20.4. The first-order chi connectivity index (χ1) is 17.4. The van der Waals surface area contributed by atoms with Gasteiger partial charge < -0.3 is 20.5 Å². The molecule has 2 amide bonds. The van der Waals surface area contributed by atoms with Crippen LogP contribution < -0.4 is 5.73 Å². The molecule has 2 aliphatic rings. The largest absolute Gasteiger partial charge is 0.449 e. The third-order valence-corrected chi connectivity index (χ3v) is 7.66. The van der Waals surface area contributed by atoms with Crippen LogP contribution in [0, 0.1) is 5.82 Å². The molecule has 2 aromatic carbocycles. The van der Waals surface area contributed by atoms with E-state index in [1.807, 2.05) is 0 Å². The number of halogens is 4. The van der Waals surface area contributed by atoms with E-state index in [0.29, 0.717) is 38.2 Å². The lowest BCUT2D eigenvalue weighted by Crippen LogP contribution is -2.48. The molecule has 4 rings (SSSR count). The van der Waals surface area contributed by atoms with Crippen molar-refractivity contribution in [3.8, 4) is 0 Å². The SMILES string of the molecule is C[C@](O)(c1ccc(C(=O)N(C2CC2)[C@H]2CC[C@@](COC(N)=O)(c3ccccc3F)CC2)cc1)C(F)(F)F. The van der Waals surface area contributed by atoms with Crippen molar-refractivity contribution in [1.82, 2.24) is 4.90 Å². The predicted octanol–water partition coefficient (Wildman–Crippen LogP) is 5.18. The number of nitrogens with zero attached hydrogens (tertiary/aromatic N) is 1. The number of nitrogens with two attached hydrogens (primary N) is 1. The van der Waals surface area contributed by atoms with E-state index in [0.717, 1.165) is 25.0 Å². The first-order valence-corrected chi connectivity index (χ1v) is 12.3. The average molecular weight is 523 g/mol. The molecule has 0 heterocycles. The van der Waals surface area contributed by atoms with Crippen molar-refractivity contribution in [2.45, 2.75) is 74.7 Å². The van der Waals surface area contributed by atoms with Gasteiger partial charge in [0.05, 0.1) is 0 Å². The lowest BCUT2D eigenvalue weighted by atomic mass is 9.68. The van der Waals surface area contributed by atoms with Gasteiger partial charge in [-0.2, -0.15) is 13.2 Å². The molecule has 10 heteroatoms. The molecule has 200 valence electrons. The average Bonchev–Trinajstić information content (AvgIpc) is 3.68. The number of alkyl halides is 3. The Morgan fingerprint density at radius 3 is 2.11 bits per heavy atom. The lowest BCUT2D eigenvalue weighted by Gasteiger charge is -2.43. The molecule has 0 aliphatic heterocycles. The number of amides is 2. The van der Waals surface area contributed by atoms with Crippen LogP contribution in [0.25, 0.3) is 0 Å². The molecule has 0 unspecified atom stereocenters. The second-order valence-corrected chi connectivity index (χ2v) is 10.2. The molecule has 3 N–H and O–H groups in total. The Hall–Kier alpha value is -3.14. The van der Waals surface area contributed by atoms with E-state index < -0.39 is 29.1 Å². The fraction of sp³-hybridized carbons (Fsp3) is 0.481. The topological polar surface area (TPSA) is 92.9 Å². The summed E-state index contributed by atoms with van der Waals surface area (Å²) in [5, 5.41) is 9.92. The quantitative estimate of drug-likeness (QED) is 0.491. The van der Waals surface area contributed by atoms with Crippen LogP contribution in [-0.2, 0) is 15.8 Å². The van der Waals surface area contributed by atoms with Crippen molar-refractivity contribution in [3.05, 3.63) is 71.0 Å². The number of aliphatic hydroxyl groups is 1. The molecule has 2 aromatic rings. The van der Waals surface area contributed by atoms with Gasteiger partial charge in [-0.15, -0.1) is 0 Å². The number of carbonyl (C=O) groups is 2. The third kappa shape index (κ3) is 5.44. The molecule has 0 saturated heterocycles. The van der Waals surface area contributed by atoms with Gasteiger partial charge in [-0.3, -0.25) is 4.79 Å².